The minimum absolute atomic E-state index is 0. The van der Waals surface area contributed by atoms with Gasteiger partial charge in [-0.2, -0.15) is 0 Å². The maximum atomic E-state index is 9.12. The van der Waals surface area contributed by atoms with Gasteiger partial charge in [-0.05, 0) is 0 Å². The van der Waals surface area contributed by atoms with Gasteiger partial charge >= 0.3 is 1.43 Å². The van der Waals surface area contributed by atoms with Crippen LogP contribution in [-0.2, 0) is 0 Å². The van der Waals surface area contributed by atoms with E-state index in [1.54, 1.807) is 0 Å². The van der Waals surface area contributed by atoms with Crippen molar-refractivity contribution in [3.8, 4) is 0 Å². The van der Waals surface area contributed by atoms with Crippen molar-refractivity contribution in [3.63, 3.8) is 0 Å². The second kappa shape index (κ2) is 3.27. The van der Waals surface area contributed by atoms with E-state index < -0.39 is 18.2 Å². The summed E-state index contributed by atoms with van der Waals surface area (Å²) in [6, 6.07) is -0.469. The molecule has 0 aromatic rings. The van der Waals surface area contributed by atoms with Gasteiger partial charge in [-0.15, -0.1) is 0 Å². The van der Waals surface area contributed by atoms with Gasteiger partial charge in [-0.3, -0.25) is 5.43 Å². The number of aliphatic hydroxyl groups is 3. The predicted octanol–water partition coefficient (Wildman–Crippen LogP) is -2.71. The van der Waals surface area contributed by atoms with Crippen LogP contribution >= 0.6 is 0 Å². The smallest absolute Gasteiger partial charge is 0.395 e. The topological polar surface area (TPSA) is 84.8 Å². The third-order valence-corrected chi connectivity index (χ3v) is 1.60. The Balaban J connectivity index is 0.000001000. The molecular formula is C5H13N2O3+. The number of aliphatic hydroxyl groups excluding tert-OH is 3. The molecule has 3 atom stereocenters. The molecule has 1 fully saturated rings. The lowest BCUT2D eigenvalue weighted by Gasteiger charge is -2.31. The normalized spacial score (nSPS) is 41.7. The zero-order valence-electron chi connectivity index (χ0n) is 6.49. The van der Waals surface area contributed by atoms with Crippen LogP contribution in [0.5, 0.6) is 0 Å². The van der Waals surface area contributed by atoms with Gasteiger partial charge in [0, 0.05) is 6.54 Å². The first-order chi connectivity index (χ1) is 4.75. The Hall–Kier alpha value is -0.200. The van der Waals surface area contributed by atoms with E-state index in [0.29, 0.717) is 6.54 Å². The quantitative estimate of drug-likeness (QED) is 0.280. The van der Waals surface area contributed by atoms with Crippen molar-refractivity contribution in [2.24, 2.45) is 0 Å². The van der Waals surface area contributed by atoms with E-state index in [-0.39, 0.29) is 8.03 Å². The molecule has 0 aliphatic carbocycles. The molecule has 0 saturated carbocycles. The maximum Gasteiger partial charge on any atom is 1.00 e. The summed E-state index contributed by atoms with van der Waals surface area (Å²) in [7, 11) is 0. The molecular weight excluding hydrogens is 136 g/mol. The molecule has 10 heavy (non-hydrogen) atoms. The Morgan fingerprint density at radius 2 is 2.20 bits per heavy atom. The number of hydrogen-bond acceptors (Lipinski definition) is 5. The molecule has 60 valence electrons. The number of hydrazine groups is 1. The standard InChI is InChI=1S/C5H12N2O3/c8-2-3-5(10)4(9)1-6-7-3/h3-10H,1-2H2/p+1/t3-,4-,5+/m1/s1. The van der Waals surface area contributed by atoms with Gasteiger partial charge in [-0.25, -0.2) is 5.43 Å². The molecule has 0 aromatic carbocycles. The Morgan fingerprint density at radius 1 is 1.50 bits per heavy atom. The van der Waals surface area contributed by atoms with Gasteiger partial charge in [0.25, 0.3) is 0 Å². The number of nitrogens with one attached hydrogen (secondary N) is 2. The van der Waals surface area contributed by atoms with E-state index in [0.717, 1.165) is 0 Å². The maximum absolute atomic E-state index is 9.12. The zero-order chi connectivity index (χ0) is 7.56. The van der Waals surface area contributed by atoms with E-state index in [1.807, 2.05) is 0 Å². The molecule has 1 heterocycles. The third kappa shape index (κ3) is 1.44. The summed E-state index contributed by atoms with van der Waals surface area (Å²) in [5, 5.41) is 26.7. The predicted molar refractivity (Wildman–Crippen MR) is 35.1 cm³/mol. The third-order valence-electron chi connectivity index (χ3n) is 1.60. The monoisotopic (exact) mass is 149 g/mol. The fourth-order valence-corrected chi connectivity index (χ4v) is 0.923. The summed E-state index contributed by atoms with van der Waals surface area (Å²) in [6.45, 7) is 0.114. The van der Waals surface area contributed by atoms with Crippen LogP contribution in [0.15, 0.2) is 0 Å². The molecule has 0 bridgehead atoms. The molecule has 5 heteroatoms. The molecule has 0 spiro atoms. The fraction of sp³-hybridized carbons (Fsp3) is 1.00. The zero-order valence-corrected chi connectivity index (χ0v) is 5.49. The largest absolute Gasteiger partial charge is 1.00 e. The van der Waals surface area contributed by atoms with Crippen molar-refractivity contribution >= 4 is 0 Å². The summed E-state index contributed by atoms with van der Waals surface area (Å²) in [6.07, 6.45) is -1.68. The molecule has 1 rings (SSSR count). The Bertz CT molecular complexity index is 116. The first-order valence-corrected chi connectivity index (χ1v) is 3.21. The SMILES string of the molecule is OC[C@H]1NNC[C@@H](O)[C@H]1O.[H+]. The van der Waals surface area contributed by atoms with Gasteiger partial charge in [0.05, 0.1) is 18.8 Å². The van der Waals surface area contributed by atoms with Gasteiger partial charge in [0.2, 0.25) is 0 Å². The van der Waals surface area contributed by atoms with Crippen LogP contribution in [0.25, 0.3) is 0 Å². The van der Waals surface area contributed by atoms with Crippen molar-refractivity contribution in [2.45, 2.75) is 18.2 Å². The fourth-order valence-electron chi connectivity index (χ4n) is 0.923. The lowest BCUT2D eigenvalue weighted by atomic mass is 10.1. The van der Waals surface area contributed by atoms with E-state index in [9.17, 15) is 0 Å². The van der Waals surface area contributed by atoms with Crippen molar-refractivity contribution < 1.29 is 16.7 Å². The molecule has 0 aromatic heterocycles. The summed E-state index contributed by atoms with van der Waals surface area (Å²) in [4.78, 5) is 0. The van der Waals surface area contributed by atoms with Crippen molar-refractivity contribution in [1.29, 1.82) is 0 Å². The summed E-state index contributed by atoms with van der Waals surface area (Å²) >= 11 is 0. The second-order valence-corrected chi connectivity index (χ2v) is 2.37. The number of hydrogen-bond donors (Lipinski definition) is 5. The van der Waals surface area contributed by atoms with Gasteiger partial charge in [0.15, 0.2) is 0 Å². The van der Waals surface area contributed by atoms with E-state index in [4.69, 9.17) is 15.3 Å². The molecule has 1 aliphatic rings. The van der Waals surface area contributed by atoms with Crippen LogP contribution in [-0.4, -0.2) is 46.7 Å². The Labute approximate surface area is 60.1 Å². The average molecular weight is 149 g/mol. The van der Waals surface area contributed by atoms with Crippen LogP contribution in [0.3, 0.4) is 0 Å². The summed E-state index contributed by atoms with van der Waals surface area (Å²) in [5.74, 6) is 0. The Morgan fingerprint density at radius 3 is 2.70 bits per heavy atom. The van der Waals surface area contributed by atoms with E-state index in [2.05, 4.69) is 10.9 Å². The van der Waals surface area contributed by atoms with Crippen LogP contribution in [0.2, 0.25) is 0 Å². The summed E-state index contributed by atoms with van der Waals surface area (Å²) < 4.78 is 0. The van der Waals surface area contributed by atoms with Crippen LogP contribution < -0.4 is 10.9 Å². The van der Waals surface area contributed by atoms with Crippen LogP contribution in [0, 0.1) is 0 Å². The molecule has 1 aliphatic heterocycles. The highest BCUT2D eigenvalue weighted by Gasteiger charge is 2.29. The van der Waals surface area contributed by atoms with Crippen LogP contribution in [0.4, 0.5) is 0 Å². The summed E-state index contributed by atoms with van der Waals surface area (Å²) in [5.41, 5.74) is 5.28. The molecule has 0 amide bonds. The molecule has 5 nitrogen and oxygen atoms in total. The van der Waals surface area contributed by atoms with E-state index in [1.165, 1.54) is 0 Å². The molecule has 0 unspecified atom stereocenters. The first kappa shape index (κ1) is 7.90. The molecule has 5 N–H and O–H groups in total. The highest BCUT2D eigenvalue weighted by molar-refractivity contribution is 4.84. The van der Waals surface area contributed by atoms with Crippen molar-refractivity contribution in [3.05, 3.63) is 0 Å². The van der Waals surface area contributed by atoms with Gasteiger partial charge < -0.3 is 15.3 Å². The first-order valence-electron chi connectivity index (χ1n) is 3.21. The lowest BCUT2D eigenvalue weighted by molar-refractivity contribution is -0.0433. The second-order valence-electron chi connectivity index (χ2n) is 2.37. The molecule has 0 radical (unpaired) electrons. The highest BCUT2D eigenvalue weighted by Crippen LogP contribution is 2.01. The average Bonchev–Trinajstić information content (AvgIpc) is 1.95. The number of rotatable bonds is 1. The highest BCUT2D eigenvalue weighted by atomic mass is 16.3. The Kier molecular flexibility index (Phi) is 2.58. The van der Waals surface area contributed by atoms with E-state index >= 15 is 0 Å². The van der Waals surface area contributed by atoms with Crippen LogP contribution in [0.1, 0.15) is 1.43 Å². The van der Waals surface area contributed by atoms with Gasteiger partial charge in [-0.1, -0.05) is 0 Å². The minimum atomic E-state index is -0.883. The van der Waals surface area contributed by atoms with Crippen molar-refractivity contribution in [1.82, 2.24) is 10.9 Å². The minimum Gasteiger partial charge on any atom is -0.395 e. The molecule has 1 saturated heterocycles. The lowest BCUT2D eigenvalue weighted by Crippen LogP contribution is -2.62. The van der Waals surface area contributed by atoms with Gasteiger partial charge in [0.1, 0.15) is 6.10 Å². The van der Waals surface area contributed by atoms with Crippen molar-refractivity contribution in [2.75, 3.05) is 13.2 Å². The number of β-amino-alcohol motifs (C(OH)–C–C–N with tert-alkyl or cyclic N) is 1.